The number of furan rings is 1. The molecule has 0 spiro atoms. The Hall–Kier alpha value is -1.94. The van der Waals surface area contributed by atoms with Crippen molar-refractivity contribution in [2.75, 3.05) is 6.61 Å². The maximum absolute atomic E-state index is 5.67. The first-order valence-corrected chi connectivity index (χ1v) is 6.87. The number of rotatable bonds is 7. The van der Waals surface area contributed by atoms with Crippen LogP contribution in [0.1, 0.15) is 30.4 Å². The van der Waals surface area contributed by atoms with Crippen molar-refractivity contribution in [3.63, 3.8) is 0 Å². The van der Waals surface area contributed by atoms with Gasteiger partial charge in [-0.25, -0.2) is 0 Å². The first-order valence-electron chi connectivity index (χ1n) is 6.87. The lowest BCUT2D eigenvalue weighted by Crippen LogP contribution is -1.97. The molecule has 1 aromatic carbocycles. The van der Waals surface area contributed by atoms with E-state index in [-0.39, 0.29) is 0 Å². The zero-order chi connectivity index (χ0) is 14.4. The highest BCUT2D eigenvalue weighted by atomic mass is 16.5. The Morgan fingerprint density at radius 2 is 1.75 bits per heavy atom. The minimum Gasteiger partial charge on any atom is -0.494 e. The van der Waals surface area contributed by atoms with E-state index in [0.29, 0.717) is 13.2 Å². The Morgan fingerprint density at radius 1 is 1.10 bits per heavy atom. The molecular formula is C16H21NO3. The van der Waals surface area contributed by atoms with Crippen LogP contribution in [0, 0.1) is 6.92 Å². The van der Waals surface area contributed by atoms with Crippen LogP contribution in [0.3, 0.4) is 0 Å². The SMILES string of the molecule is CCCOc1ccc(OCc2cc(C)c(CN)o2)cc1. The minimum absolute atomic E-state index is 0.399. The maximum Gasteiger partial charge on any atom is 0.146 e. The van der Waals surface area contributed by atoms with Crippen molar-refractivity contribution in [3.8, 4) is 11.5 Å². The number of aryl methyl sites for hydroxylation is 1. The molecule has 0 saturated heterocycles. The van der Waals surface area contributed by atoms with Crippen LogP contribution in [0.2, 0.25) is 0 Å². The van der Waals surface area contributed by atoms with Gasteiger partial charge in [0.25, 0.3) is 0 Å². The summed E-state index contributed by atoms with van der Waals surface area (Å²) in [5.74, 6) is 3.25. The number of nitrogens with two attached hydrogens (primary N) is 1. The summed E-state index contributed by atoms with van der Waals surface area (Å²) < 4.78 is 16.8. The molecule has 1 aromatic heterocycles. The molecule has 4 nitrogen and oxygen atoms in total. The Kier molecular flexibility index (Phi) is 5.07. The zero-order valence-corrected chi connectivity index (χ0v) is 12.0. The molecule has 0 unspecified atom stereocenters. The van der Waals surface area contributed by atoms with Crippen molar-refractivity contribution in [2.24, 2.45) is 5.73 Å². The standard InChI is InChI=1S/C16H21NO3/c1-3-8-18-13-4-6-14(7-5-13)19-11-15-9-12(2)16(10-17)20-15/h4-7,9H,3,8,10-11,17H2,1-2H3. The predicted octanol–water partition coefficient (Wildman–Crippen LogP) is 3.41. The van der Waals surface area contributed by atoms with Gasteiger partial charge in [0.15, 0.2) is 0 Å². The molecule has 20 heavy (non-hydrogen) atoms. The molecule has 0 radical (unpaired) electrons. The smallest absolute Gasteiger partial charge is 0.146 e. The number of hydrogen-bond acceptors (Lipinski definition) is 4. The summed E-state index contributed by atoms with van der Waals surface area (Å²) in [6.07, 6.45) is 1.000. The van der Waals surface area contributed by atoms with Crippen LogP contribution in [-0.4, -0.2) is 6.61 Å². The van der Waals surface area contributed by atoms with Crippen LogP contribution >= 0.6 is 0 Å². The lowest BCUT2D eigenvalue weighted by Gasteiger charge is -2.07. The van der Waals surface area contributed by atoms with Crippen LogP contribution in [0.15, 0.2) is 34.7 Å². The van der Waals surface area contributed by atoms with E-state index in [2.05, 4.69) is 6.92 Å². The molecule has 0 saturated carbocycles. The second kappa shape index (κ2) is 7.01. The van der Waals surface area contributed by atoms with E-state index >= 15 is 0 Å². The van der Waals surface area contributed by atoms with Crippen molar-refractivity contribution < 1.29 is 13.9 Å². The fourth-order valence-corrected chi connectivity index (χ4v) is 1.87. The summed E-state index contributed by atoms with van der Waals surface area (Å²) in [6, 6.07) is 9.56. The summed E-state index contributed by atoms with van der Waals surface area (Å²) in [6.45, 7) is 5.60. The van der Waals surface area contributed by atoms with Gasteiger partial charge in [-0.2, -0.15) is 0 Å². The third-order valence-electron chi connectivity index (χ3n) is 2.93. The molecular weight excluding hydrogens is 254 g/mol. The van der Waals surface area contributed by atoms with Crippen LogP contribution in [0.4, 0.5) is 0 Å². The number of benzene rings is 1. The van der Waals surface area contributed by atoms with Crippen molar-refractivity contribution >= 4 is 0 Å². The van der Waals surface area contributed by atoms with Crippen LogP contribution in [0.25, 0.3) is 0 Å². The van der Waals surface area contributed by atoms with Crippen LogP contribution in [-0.2, 0) is 13.2 Å². The van der Waals surface area contributed by atoms with Gasteiger partial charge in [0, 0.05) is 0 Å². The molecule has 1 heterocycles. The second-order valence-corrected chi connectivity index (χ2v) is 4.63. The Bertz CT molecular complexity index is 531. The molecule has 2 aromatic rings. The normalized spacial score (nSPS) is 10.6. The van der Waals surface area contributed by atoms with E-state index in [1.807, 2.05) is 37.3 Å². The lowest BCUT2D eigenvalue weighted by molar-refractivity contribution is 0.265. The fraction of sp³-hybridized carbons (Fsp3) is 0.375. The molecule has 0 atom stereocenters. The third kappa shape index (κ3) is 3.78. The first-order chi connectivity index (χ1) is 9.72. The summed E-state index contributed by atoms with van der Waals surface area (Å²) in [5.41, 5.74) is 6.64. The number of hydrogen-bond donors (Lipinski definition) is 1. The van der Waals surface area contributed by atoms with Crippen molar-refractivity contribution in [2.45, 2.75) is 33.4 Å². The van der Waals surface area contributed by atoms with Gasteiger partial charge in [0.2, 0.25) is 0 Å². The monoisotopic (exact) mass is 275 g/mol. The molecule has 0 fully saturated rings. The molecule has 0 aliphatic carbocycles. The van der Waals surface area contributed by atoms with Crippen molar-refractivity contribution in [3.05, 3.63) is 47.4 Å². The minimum atomic E-state index is 0.399. The van der Waals surface area contributed by atoms with E-state index in [1.165, 1.54) is 0 Å². The molecule has 2 rings (SSSR count). The number of ether oxygens (including phenoxy) is 2. The first kappa shape index (κ1) is 14.5. The largest absolute Gasteiger partial charge is 0.494 e. The highest BCUT2D eigenvalue weighted by molar-refractivity contribution is 5.31. The van der Waals surface area contributed by atoms with E-state index in [0.717, 1.165) is 41.6 Å². The van der Waals surface area contributed by atoms with Gasteiger partial charge in [-0.15, -0.1) is 0 Å². The molecule has 0 bridgehead atoms. The Labute approximate surface area is 119 Å². The predicted molar refractivity (Wildman–Crippen MR) is 77.9 cm³/mol. The Balaban J connectivity index is 1.89. The summed E-state index contributed by atoms with van der Waals surface area (Å²) >= 11 is 0. The van der Waals surface area contributed by atoms with Gasteiger partial charge in [-0.3, -0.25) is 0 Å². The van der Waals surface area contributed by atoms with Crippen LogP contribution in [0.5, 0.6) is 11.5 Å². The average molecular weight is 275 g/mol. The van der Waals surface area contributed by atoms with Crippen molar-refractivity contribution in [1.82, 2.24) is 0 Å². The van der Waals surface area contributed by atoms with E-state index in [4.69, 9.17) is 19.6 Å². The molecule has 108 valence electrons. The maximum atomic E-state index is 5.67. The quantitative estimate of drug-likeness (QED) is 0.841. The lowest BCUT2D eigenvalue weighted by atomic mass is 10.2. The molecule has 2 N–H and O–H groups in total. The topological polar surface area (TPSA) is 57.6 Å². The second-order valence-electron chi connectivity index (χ2n) is 4.63. The van der Waals surface area contributed by atoms with Gasteiger partial charge < -0.3 is 19.6 Å². The molecule has 4 heteroatoms. The van der Waals surface area contributed by atoms with Gasteiger partial charge in [0.05, 0.1) is 13.2 Å². The summed E-state index contributed by atoms with van der Waals surface area (Å²) in [5, 5.41) is 0. The highest BCUT2D eigenvalue weighted by Gasteiger charge is 2.06. The summed E-state index contributed by atoms with van der Waals surface area (Å²) in [4.78, 5) is 0. The van der Waals surface area contributed by atoms with Gasteiger partial charge in [0.1, 0.15) is 29.6 Å². The van der Waals surface area contributed by atoms with Gasteiger partial charge in [-0.1, -0.05) is 6.92 Å². The average Bonchev–Trinajstić information content (AvgIpc) is 2.84. The van der Waals surface area contributed by atoms with Gasteiger partial charge in [-0.05, 0) is 49.2 Å². The van der Waals surface area contributed by atoms with E-state index < -0.39 is 0 Å². The third-order valence-corrected chi connectivity index (χ3v) is 2.93. The zero-order valence-electron chi connectivity index (χ0n) is 12.0. The highest BCUT2D eigenvalue weighted by Crippen LogP contribution is 2.20. The van der Waals surface area contributed by atoms with E-state index in [1.54, 1.807) is 0 Å². The molecule has 0 aliphatic heterocycles. The van der Waals surface area contributed by atoms with Crippen LogP contribution < -0.4 is 15.2 Å². The molecule has 0 amide bonds. The van der Waals surface area contributed by atoms with Crippen molar-refractivity contribution in [1.29, 1.82) is 0 Å². The Morgan fingerprint density at radius 3 is 2.30 bits per heavy atom. The summed E-state index contributed by atoms with van der Waals surface area (Å²) in [7, 11) is 0. The fourth-order valence-electron chi connectivity index (χ4n) is 1.87. The molecule has 0 aliphatic rings. The van der Waals surface area contributed by atoms with E-state index in [9.17, 15) is 0 Å². The van der Waals surface area contributed by atoms with Gasteiger partial charge >= 0.3 is 0 Å².